The van der Waals surface area contributed by atoms with Gasteiger partial charge in [-0.25, -0.2) is 9.07 Å². The molecule has 2 rings (SSSR count). The highest BCUT2D eigenvalue weighted by Gasteiger charge is 2.20. The predicted molar refractivity (Wildman–Crippen MR) is 61.3 cm³/mol. The smallest absolute Gasteiger partial charge is 0.125 e. The molecular formula is C12H14FN3O. The van der Waals surface area contributed by atoms with Crippen LogP contribution in [0.25, 0.3) is 5.69 Å². The summed E-state index contributed by atoms with van der Waals surface area (Å²) in [6, 6.07) is 4.46. The molecule has 0 aliphatic heterocycles. The van der Waals surface area contributed by atoms with Gasteiger partial charge >= 0.3 is 0 Å². The Bertz CT molecular complexity index is 543. The molecule has 0 fully saturated rings. The number of nitrogens with zero attached hydrogens (tertiary/aromatic N) is 3. The number of halogens is 1. The van der Waals surface area contributed by atoms with Gasteiger partial charge in [-0.2, -0.15) is 0 Å². The van der Waals surface area contributed by atoms with Crippen LogP contribution in [-0.2, 0) is 5.60 Å². The van der Waals surface area contributed by atoms with Gasteiger partial charge in [0.05, 0.1) is 11.9 Å². The zero-order valence-electron chi connectivity index (χ0n) is 9.98. The first-order chi connectivity index (χ1) is 7.88. The van der Waals surface area contributed by atoms with Crippen LogP contribution < -0.4 is 0 Å². The minimum atomic E-state index is -1.06. The second-order valence-corrected chi connectivity index (χ2v) is 4.54. The summed E-state index contributed by atoms with van der Waals surface area (Å²) in [7, 11) is 0. The van der Waals surface area contributed by atoms with Crippen molar-refractivity contribution in [3.8, 4) is 5.69 Å². The molecule has 1 aromatic heterocycles. The van der Waals surface area contributed by atoms with Gasteiger partial charge in [0.2, 0.25) is 0 Å². The molecule has 17 heavy (non-hydrogen) atoms. The van der Waals surface area contributed by atoms with Crippen LogP contribution in [0.5, 0.6) is 0 Å². The highest BCUT2D eigenvalue weighted by Crippen LogP contribution is 2.19. The zero-order valence-corrected chi connectivity index (χ0v) is 9.98. The van der Waals surface area contributed by atoms with Crippen molar-refractivity contribution in [2.24, 2.45) is 0 Å². The fourth-order valence-electron chi connectivity index (χ4n) is 1.49. The van der Waals surface area contributed by atoms with Crippen molar-refractivity contribution in [3.63, 3.8) is 0 Å². The maximum Gasteiger partial charge on any atom is 0.125 e. The molecule has 0 bridgehead atoms. The second kappa shape index (κ2) is 3.92. The van der Waals surface area contributed by atoms with E-state index in [2.05, 4.69) is 10.3 Å². The molecule has 90 valence electrons. The molecule has 0 radical (unpaired) electrons. The molecule has 1 heterocycles. The van der Waals surface area contributed by atoms with Gasteiger partial charge in [0, 0.05) is 0 Å². The minimum Gasteiger partial charge on any atom is -0.384 e. The van der Waals surface area contributed by atoms with Crippen molar-refractivity contribution in [2.45, 2.75) is 26.4 Å². The molecule has 0 saturated carbocycles. The molecule has 5 heteroatoms. The number of aryl methyl sites for hydroxylation is 1. The van der Waals surface area contributed by atoms with Crippen LogP contribution in [0.2, 0.25) is 0 Å². The quantitative estimate of drug-likeness (QED) is 0.865. The summed E-state index contributed by atoms with van der Waals surface area (Å²) in [4.78, 5) is 0. The largest absolute Gasteiger partial charge is 0.384 e. The van der Waals surface area contributed by atoms with Crippen molar-refractivity contribution in [3.05, 3.63) is 41.5 Å². The summed E-state index contributed by atoms with van der Waals surface area (Å²) >= 11 is 0. The van der Waals surface area contributed by atoms with Gasteiger partial charge in [0.15, 0.2) is 0 Å². The maximum atomic E-state index is 13.2. The van der Waals surface area contributed by atoms with E-state index in [4.69, 9.17) is 0 Å². The first-order valence-electron chi connectivity index (χ1n) is 5.29. The number of rotatable bonds is 2. The Morgan fingerprint density at radius 3 is 2.65 bits per heavy atom. The van der Waals surface area contributed by atoms with E-state index in [1.807, 2.05) is 6.92 Å². The van der Waals surface area contributed by atoms with Crippen molar-refractivity contribution in [1.82, 2.24) is 15.0 Å². The maximum absolute atomic E-state index is 13.2. The molecule has 0 unspecified atom stereocenters. The van der Waals surface area contributed by atoms with Gasteiger partial charge in [-0.05, 0) is 38.5 Å². The summed E-state index contributed by atoms with van der Waals surface area (Å²) in [5.41, 5.74) is 0.896. The third-order valence-electron chi connectivity index (χ3n) is 2.54. The van der Waals surface area contributed by atoms with Crippen LogP contribution in [-0.4, -0.2) is 20.1 Å². The number of hydrogen-bond acceptors (Lipinski definition) is 3. The molecule has 0 amide bonds. The molecule has 4 nitrogen and oxygen atoms in total. The van der Waals surface area contributed by atoms with Crippen LogP contribution in [0.4, 0.5) is 4.39 Å². The van der Waals surface area contributed by atoms with Gasteiger partial charge < -0.3 is 5.11 Å². The summed E-state index contributed by atoms with van der Waals surface area (Å²) in [6.07, 6.45) is 1.60. The lowest BCUT2D eigenvalue weighted by atomic mass is 10.1. The van der Waals surface area contributed by atoms with Crippen LogP contribution in [0.3, 0.4) is 0 Å². The molecule has 0 aliphatic carbocycles. The monoisotopic (exact) mass is 235 g/mol. The molecule has 0 spiro atoms. The predicted octanol–water partition coefficient (Wildman–Crippen LogP) is 1.94. The standard InChI is InChI=1S/C12H14FN3O/c1-8-4-5-9(13)6-10(8)16-7-11(14-15-16)12(2,3)17/h4-7,17H,1-3H3. The van der Waals surface area contributed by atoms with Crippen LogP contribution in [0.1, 0.15) is 25.1 Å². The minimum absolute atomic E-state index is 0.328. The Morgan fingerprint density at radius 1 is 1.35 bits per heavy atom. The highest BCUT2D eigenvalue weighted by atomic mass is 19.1. The molecule has 0 aliphatic rings. The van der Waals surface area contributed by atoms with E-state index in [-0.39, 0.29) is 5.82 Å². The summed E-state index contributed by atoms with van der Waals surface area (Å²) < 4.78 is 14.6. The van der Waals surface area contributed by atoms with Crippen molar-refractivity contribution < 1.29 is 9.50 Å². The van der Waals surface area contributed by atoms with E-state index in [1.54, 1.807) is 26.1 Å². The summed E-state index contributed by atoms with van der Waals surface area (Å²) in [5.74, 6) is -0.328. The molecule has 1 N–H and O–H groups in total. The Kier molecular flexibility index (Phi) is 2.71. The molecule has 0 atom stereocenters. The Labute approximate surface area is 98.7 Å². The normalized spacial score (nSPS) is 11.8. The van der Waals surface area contributed by atoms with E-state index in [0.717, 1.165) is 5.56 Å². The number of aromatic nitrogens is 3. The van der Waals surface area contributed by atoms with E-state index in [9.17, 15) is 9.50 Å². The first kappa shape index (κ1) is 11.7. The van der Waals surface area contributed by atoms with E-state index in [0.29, 0.717) is 11.4 Å². The number of hydrogen-bond donors (Lipinski definition) is 1. The van der Waals surface area contributed by atoms with E-state index >= 15 is 0 Å². The molecule has 1 aromatic carbocycles. The molecule has 2 aromatic rings. The van der Waals surface area contributed by atoms with Gasteiger partial charge in [-0.1, -0.05) is 11.3 Å². The molecule has 0 saturated heterocycles. The third-order valence-corrected chi connectivity index (χ3v) is 2.54. The van der Waals surface area contributed by atoms with Crippen molar-refractivity contribution in [1.29, 1.82) is 0 Å². The van der Waals surface area contributed by atoms with Gasteiger partial charge in [0.25, 0.3) is 0 Å². The fraction of sp³-hybridized carbons (Fsp3) is 0.333. The Balaban J connectivity index is 2.47. The topological polar surface area (TPSA) is 50.9 Å². The lowest BCUT2D eigenvalue weighted by Crippen LogP contribution is -2.15. The average Bonchev–Trinajstić information content (AvgIpc) is 2.70. The lowest BCUT2D eigenvalue weighted by molar-refractivity contribution is 0.0737. The molecular weight excluding hydrogens is 221 g/mol. The van der Waals surface area contributed by atoms with E-state index < -0.39 is 5.60 Å². The van der Waals surface area contributed by atoms with E-state index in [1.165, 1.54) is 16.8 Å². The second-order valence-electron chi connectivity index (χ2n) is 4.54. The summed E-state index contributed by atoms with van der Waals surface area (Å²) in [5, 5.41) is 17.6. The lowest BCUT2D eigenvalue weighted by Gasteiger charge is -2.12. The first-order valence-corrected chi connectivity index (χ1v) is 5.29. The van der Waals surface area contributed by atoms with Crippen LogP contribution >= 0.6 is 0 Å². The third kappa shape index (κ3) is 2.34. The number of benzene rings is 1. The SMILES string of the molecule is Cc1ccc(F)cc1-n1cc(C(C)(C)O)nn1. The fourth-order valence-corrected chi connectivity index (χ4v) is 1.49. The average molecular weight is 235 g/mol. The van der Waals surface area contributed by atoms with Crippen LogP contribution in [0.15, 0.2) is 24.4 Å². The summed E-state index contributed by atoms with van der Waals surface area (Å²) in [6.45, 7) is 5.11. The van der Waals surface area contributed by atoms with Crippen LogP contribution in [0, 0.1) is 12.7 Å². The van der Waals surface area contributed by atoms with Gasteiger partial charge in [-0.15, -0.1) is 5.10 Å². The van der Waals surface area contributed by atoms with Gasteiger partial charge in [-0.3, -0.25) is 0 Å². The van der Waals surface area contributed by atoms with Crippen molar-refractivity contribution in [2.75, 3.05) is 0 Å². The number of aliphatic hydroxyl groups is 1. The Morgan fingerprint density at radius 2 is 2.06 bits per heavy atom. The van der Waals surface area contributed by atoms with Crippen molar-refractivity contribution >= 4 is 0 Å². The van der Waals surface area contributed by atoms with Gasteiger partial charge in [0.1, 0.15) is 17.1 Å². The zero-order chi connectivity index (χ0) is 12.6. The Hall–Kier alpha value is -1.75. The highest BCUT2D eigenvalue weighted by molar-refractivity contribution is 5.39.